The van der Waals surface area contributed by atoms with Crippen LogP contribution in [0, 0.1) is 0 Å². The van der Waals surface area contributed by atoms with Crippen molar-refractivity contribution in [3.8, 4) is 0 Å². The van der Waals surface area contributed by atoms with Crippen molar-refractivity contribution in [1.82, 2.24) is 20.2 Å². The molecule has 2 aliphatic rings. The summed E-state index contributed by atoms with van der Waals surface area (Å²) in [7, 11) is 1.28. The number of carboxylic acids is 1. The lowest BCUT2D eigenvalue weighted by atomic mass is 10.0. The summed E-state index contributed by atoms with van der Waals surface area (Å²) in [5.41, 5.74) is 7.34. The normalized spacial score (nSPS) is 20.6. The summed E-state index contributed by atoms with van der Waals surface area (Å²) in [4.78, 5) is 53.0. The molecular formula is C18H16N6O5S4. The second-order valence-electron chi connectivity index (χ2n) is 6.46. The molecule has 11 nitrogen and oxygen atoms in total. The van der Waals surface area contributed by atoms with E-state index in [0.29, 0.717) is 10.7 Å². The third-order valence-corrected chi connectivity index (χ3v) is 8.25. The van der Waals surface area contributed by atoms with Crippen LogP contribution in [0.4, 0.5) is 5.13 Å². The largest absolute Gasteiger partial charge is 0.477 e. The summed E-state index contributed by atoms with van der Waals surface area (Å²) >= 11 is 5.20. The van der Waals surface area contributed by atoms with E-state index in [0.717, 1.165) is 16.2 Å². The van der Waals surface area contributed by atoms with Gasteiger partial charge in [0.15, 0.2) is 10.8 Å². The number of nitrogens with zero attached hydrogens (tertiary/aromatic N) is 4. The lowest BCUT2D eigenvalue weighted by Crippen LogP contribution is -2.71. The van der Waals surface area contributed by atoms with E-state index in [1.165, 1.54) is 46.9 Å². The molecule has 4 heterocycles. The number of anilines is 1. The van der Waals surface area contributed by atoms with Crippen molar-refractivity contribution >= 4 is 80.9 Å². The first-order valence-electron chi connectivity index (χ1n) is 9.17. The second-order valence-corrected chi connectivity index (χ2v) is 10.4. The standard InChI is InChI=1S/C18H16N6O5S4/c1-29-23-11(9-5-32-18(19)21-9)14(25)22-12-15(26)24-13(17(27)28)10(6-31-16(12)24)30-3-2-8-4-20-7-33-8/h2-5,7,12,16H,6H2,1H3,(H2,19,21)(H,22,25)(H,27,28)/b3-2-,23-11-/t12-,16-/m1/s1. The number of thioether (sulfide) groups is 2. The summed E-state index contributed by atoms with van der Waals surface area (Å²) in [5.74, 6) is -2.01. The molecule has 2 atom stereocenters. The summed E-state index contributed by atoms with van der Waals surface area (Å²) in [6.45, 7) is 0. The zero-order valence-electron chi connectivity index (χ0n) is 16.8. The van der Waals surface area contributed by atoms with E-state index < -0.39 is 29.2 Å². The molecule has 2 aromatic rings. The van der Waals surface area contributed by atoms with Crippen LogP contribution in [0.1, 0.15) is 10.6 Å². The number of aromatic nitrogens is 2. The molecule has 2 aliphatic heterocycles. The van der Waals surface area contributed by atoms with E-state index in [1.807, 2.05) is 6.08 Å². The van der Waals surface area contributed by atoms with Gasteiger partial charge >= 0.3 is 5.97 Å². The van der Waals surface area contributed by atoms with Gasteiger partial charge in [-0.3, -0.25) is 19.5 Å². The Labute approximate surface area is 203 Å². The van der Waals surface area contributed by atoms with Gasteiger partial charge in [-0.1, -0.05) is 16.9 Å². The maximum atomic E-state index is 12.8. The summed E-state index contributed by atoms with van der Waals surface area (Å²) in [6, 6.07) is -0.908. The molecule has 0 aliphatic carbocycles. The van der Waals surface area contributed by atoms with Crippen LogP contribution >= 0.6 is 46.2 Å². The first-order valence-corrected chi connectivity index (χ1v) is 12.9. The number of carbonyl (C=O) groups is 3. The number of hydrogen-bond acceptors (Lipinski definition) is 12. The van der Waals surface area contributed by atoms with Crippen molar-refractivity contribution in [1.29, 1.82) is 0 Å². The first-order chi connectivity index (χ1) is 15.9. The molecule has 0 bridgehead atoms. The number of nitrogens with one attached hydrogen (secondary N) is 1. The number of carbonyl (C=O) groups excluding carboxylic acids is 2. The van der Waals surface area contributed by atoms with E-state index in [1.54, 1.807) is 22.5 Å². The van der Waals surface area contributed by atoms with Crippen LogP contribution < -0.4 is 11.1 Å². The van der Waals surface area contributed by atoms with Gasteiger partial charge in [-0.05, 0) is 11.5 Å². The van der Waals surface area contributed by atoms with Gasteiger partial charge in [-0.2, -0.15) is 0 Å². The highest BCUT2D eigenvalue weighted by atomic mass is 32.2. The van der Waals surface area contributed by atoms with Gasteiger partial charge < -0.3 is 21.0 Å². The van der Waals surface area contributed by atoms with Gasteiger partial charge in [-0.25, -0.2) is 9.78 Å². The molecule has 33 heavy (non-hydrogen) atoms. The van der Waals surface area contributed by atoms with Crippen LogP contribution in [0.15, 0.2) is 38.3 Å². The Morgan fingerprint density at radius 3 is 2.91 bits per heavy atom. The zero-order chi connectivity index (χ0) is 23.5. The predicted octanol–water partition coefficient (Wildman–Crippen LogP) is 1.63. The van der Waals surface area contributed by atoms with Crippen LogP contribution in [0.3, 0.4) is 0 Å². The molecule has 1 fully saturated rings. The number of nitrogen functional groups attached to an aromatic ring is 1. The monoisotopic (exact) mass is 524 g/mol. The van der Waals surface area contributed by atoms with E-state index in [-0.39, 0.29) is 22.2 Å². The highest BCUT2D eigenvalue weighted by Crippen LogP contribution is 2.43. The van der Waals surface area contributed by atoms with Crippen molar-refractivity contribution in [2.45, 2.75) is 11.4 Å². The molecule has 0 saturated carbocycles. The number of fused-ring (bicyclic) bond motifs is 1. The number of nitrogens with two attached hydrogens (primary N) is 1. The molecule has 0 aromatic carbocycles. The van der Waals surface area contributed by atoms with E-state index in [4.69, 9.17) is 10.6 Å². The average Bonchev–Trinajstić information content (AvgIpc) is 3.46. The second kappa shape index (κ2) is 9.94. The van der Waals surface area contributed by atoms with E-state index in [9.17, 15) is 19.5 Å². The Morgan fingerprint density at radius 1 is 1.45 bits per heavy atom. The minimum Gasteiger partial charge on any atom is -0.477 e. The Balaban J connectivity index is 1.49. The topological polar surface area (TPSA) is 160 Å². The van der Waals surface area contributed by atoms with E-state index >= 15 is 0 Å². The minimum absolute atomic E-state index is 0.0775. The highest BCUT2D eigenvalue weighted by molar-refractivity contribution is 8.08. The Bertz CT molecular complexity index is 1170. The smallest absolute Gasteiger partial charge is 0.353 e. The van der Waals surface area contributed by atoms with Gasteiger partial charge in [0.2, 0.25) is 0 Å². The molecule has 2 amide bonds. The Morgan fingerprint density at radius 2 is 2.27 bits per heavy atom. The van der Waals surface area contributed by atoms with Crippen LogP contribution in [0.5, 0.6) is 0 Å². The molecule has 0 unspecified atom stereocenters. The van der Waals surface area contributed by atoms with Gasteiger partial charge in [0.05, 0.1) is 5.51 Å². The van der Waals surface area contributed by atoms with Crippen LogP contribution in [0.25, 0.3) is 6.08 Å². The van der Waals surface area contributed by atoms with Gasteiger partial charge in [0.25, 0.3) is 11.8 Å². The SMILES string of the molecule is CO/N=C(\C(=O)N[C@@H]1C(=O)N2C(C(=O)O)=C(S/C=C\c3cncs3)CS[C@H]12)c1csc(N)n1. The molecular weight excluding hydrogens is 509 g/mol. The minimum atomic E-state index is -1.20. The Kier molecular flexibility index (Phi) is 7.02. The summed E-state index contributed by atoms with van der Waals surface area (Å²) in [5, 5.41) is 19.1. The molecule has 4 rings (SSSR count). The Hall–Kier alpha value is -2.88. The third-order valence-electron chi connectivity index (χ3n) is 4.48. The lowest BCUT2D eigenvalue weighted by molar-refractivity contribution is -0.150. The van der Waals surface area contributed by atoms with Gasteiger partial charge in [-0.15, -0.1) is 34.4 Å². The maximum Gasteiger partial charge on any atom is 0.353 e. The number of thiazole rings is 2. The number of amides is 2. The molecule has 1 saturated heterocycles. The number of aliphatic carboxylic acids is 1. The number of oxime groups is 1. The van der Waals surface area contributed by atoms with Crippen molar-refractivity contribution in [2.24, 2.45) is 5.16 Å². The number of β-lactam (4-membered cyclic amide) rings is 1. The fraction of sp³-hybridized carbons (Fsp3) is 0.222. The lowest BCUT2D eigenvalue weighted by Gasteiger charge is -2.49. The average molecular weight is 525 g/mol. The molecule has 0 radical (unpaired) electrons. The fourth-order valence-corrected chi connectivity index (χ4v) is 6.57. The van der Waals surface area contributed by atoms with E-state index in [2.05, 4.69) is 20.4 Å². The number of hydrogen-bond donors (Lipinski definition) is 3. The van der Waals surface area contributed by atoms with Crippen LogP contribution in [0.2, 0.25) is 0 Å². The fourth-order valence-electron chi connectivity index (χ4n) is 3.07. The van der Waals surface area contributed by atoms with Crippen molar-refractivity contribution < 1.29 is 24.3 Å². The van der Waals surface area contributed by atoms with Crippen LogP contribution in [-0.4, -0.2) is 67.7 Å². The summed E-state index contributed by atoms with van der Waals surface area (Å²) < 4.78 is 0. The molecule has 172 valence electrons. The third kappa shape index (κ3) is 4.75. The van der Waals surface area contributed by atoms with Crippen molar-refractivity contribution in [2.75, 3.05) is 18.6 Å². The zero-order valence-corrected chi connectivity index (χ0v) is 20.1. The highest BCUT2D eigenvalue weighted by Gasteiger charge is 2.54. The quantitative estimate of drug-likeness (QED) is 0.263. The summed E-state index contributed by atoms with van der Waals surface area (Å²) in [6.07, 6.45) is 3.53. The number of rotatable bonds is 8. The maximum absolute atomic E-state index is 12.8. The van der Waals surface area contributed by atoms with Gasteiger partial charge in [0, 0.05) is 27.1 Å². The number of carboxylic acid groups (broad SMARTS) is 1. The van der Waals surface area contributed by atoms with Crippen molar-refractivity contribution in [3.05, 3.63) is 43.7 Å². The molecule has 2 aromatic heterocycles. The van der Waals surface area contributed by atoms with Gasteiger partial charge in [0.1, 0.15) is 29.9 Å². The molecule has 15 heteroatoms. The van der Waals surface area contributed by atoms with Crippen molar-refractivity contribution in [3.63, 3.8) is 0 Å². The predicted molar refractivity (Wildman–Crippen MR) is 128 cm³/mol. The first kappa shape index (κ1) is 23.3. The van der Waals surface area contributed by atoms with Crippen LogP contribution in [-0.2, 0) is 19.2 Å². The molecule has 0 spiro atoms. The molecule has 4 N–H and O–H groups in total.